The molecule has 16 heavy (non-hydrogen) atoms. The summed E-state index contributed by atoms with van der Waals surface area (Å²) < 4.78 is 0.850. The van der Waals surface area contributed by atoms with Gasteiger partial charge in [-0.1, -0.05) is 29.5 Å². The number of aromatic nitrogens is 2. The summed E-state index contributed by atoms with van der Waals surface area (Å²) in [5.41, 5.74) is 1.24. The van der Waals surface area contributed by atoms with Crippen LogP contribution in [0.2, 0.25) is 5.28 Å². The van der Waals surface area contributed by atoms with E-state index in [1.165, 1.54) is 5.56 Å². The lowest BCUT2D eigenvalue weighted by atomic mass is 10.2. The van der Waals surface area contributed by atoms with Crippen molar-refractivity contribution in [1.82, 2.24) is 9.97 Å². The highest BCUT2D eigenvalue weighted by Gasteiger charge is 2.05. The molecule has 0 spiro atoms. The molecular formula is C11H8BrClN2S. The van der Waals surface area contributed by atoms with Gasteiger partial charge in [-0.15, -0.1) is 0 Å². The van der Waals surface area contributed by atoms with Gasteiger partial charge in [-0.05, 0) is 46.6 Å². The quantitative estimate of drug-likeness (QED) is 0.608. The van der Waals surface area contributed by atoms with Crippen LogP contribution >= 0.6 is 39.3 Å². The van der Waals surface area contributed by atoms with E-state index in [0.717, 1.165) is 14.4 Å². The SMILES string of the molecule is Cc1ccc(Sc2nc(Cl)ncc2Br)cc1. The first-order valence-corrected chi connectivity index (χ1v) is 6.56. The summed E-state index contributed by atoms with van der Waals surface area (Å²) in [6.45, 7) is 2.06. The van der Waals surface area contributed by atoms with Crippen molar-refractivity contribution in [3.8, 4) is 0 Å². The molecule has 2 aromatic rings. The number of halogens is 2. The van der Waals surface area contributed by atoms with Crippen molar-refractivity contribution in [2.75, 3.05) is 0 Å². The van der Waals surface area contributed by atoms with Crippen LogP contribution in [0.5, 0.6) is 0 Å². The second-order valence-electron chi connectivity index (χ2n) is 3.21. The molecule has 0 fully saturated rings. The summed E-state index contributed by atoms with van der Waals surface area (Å²) in [6, 6.07) is 8.25. The molecule has 0 bridgehead atoms. The Labute approximate surface area is 112 Å². The number of rotatable bonds is 2. The normalized spacial score (nSPS) is 10.4. The second kappa shape index (κ2) is 5.17. The smallest absolute Gasteiger partial charge is 0.223 e. The predicted molar refractivity (Wildman–Crippen MR) is 70.0 cm³/mol. The van der Waals surface area contributed by atoms with Crippen LogP contribution in [0.15, 0.2) is 44.9 Å². The van der Waals surface area contributed by atoms with Crippen molar-refractivity contribution >= 4 is 39.3 Å². The number of hydrogen-bond acceptors (Lipinski definition) is 3. The number of hydrogen-bond donors (Lipinski definition) is 0. The van der Waals surface area contributed by atoms with Gasteiger partial charge in [-0.25, -0.2) is 9.97 Å². The van der Waals surface area contributed by atoms with Crippen LogP contribution in [-0.2, 0) is 0 Å². The van der Waals surface area contributed by atoms with Gasteiger partial charge in [0, 0.05) is 11.1 Å². The number of aryl methyl sites for hydroxylation is 1. The molecule has 0 saturated heterocycles. The topological polar surface area (TPSA) is 25.8 Å². The Balaban J connectivity index is 2.26. The first-order valence-electron chi connectivity index (χ1n) is 4.58. The molecule has 0 radical (unpaired) electrons. The minimum Gasteiger partial charge on any atom is -0.225 e. The Kier molecular flexibility index (Phi) is 3.84. The maximum Gasteiger partial charge on any atom is 0.223 e. The molecule has 0 saturated carbocycles. The first kappa shape index (κ1) is 11.9. The van der Waals surface area contributed by atoms with E-state index in [4.69, 9.17) is 11.6 Å². The Morgan fingerprint density at radius 3 is 2.62 bits per heavy atom. The average Bonchev–Trinajstić information content (AvgIpc) is 2.27. The molecule has 2 rings (SSSR count). The standard InChI is InChI=1S/C11H8BrClN2S/c1-7-2-4-8(5-3-7)16-10-9(12)6-14-11(13)15-10/h2-6H,1H3. The zero-order valence-electron chi connectivity index (χ0n) is 8.45. The highest BCUT2D eigenvalue weighted by Crippen LogP contribution is 2.31. The molecule has 2 nitrogen and oxygen atoms in total. The molecule has 1 aromatic carbocycles. The van der Waals surface area contributed by atoms with E-state index < -0.39 is 0 Å². The van der Waals surface area contributed by atoms with E-state index in [9.17, 15) is 0 Å². The minimum absolute atomic E-state index is 0.262. The van der Waals surface area contributed by atoms with E-state index in [1.807, 2.05) is 0 Å². The van der Waals surface area contributed by atoms with Crippen molar-refractivity contribution in [2.24, 2.45) is 0 Å². The van der Waals surface area contributed by atoms with Crippen LogP contribution in [-0.4, -0.2) is 9.97 Å². The summed E-state index contributed by atoms with van der Waals surface area (Å²) in [4.78, 5) is 9.18. The van der Waals surface area contributed by atoms with Crippen molar-refractivity contribution < 1.29 is 0 Å². The zero-order valence-corrected chi connectivity index (χ0v) is 11.6. The van der Waals surface area contributed by atoms with Crippen LogP contribution in [0.3, 0.4) is 0 Å². The van der Waals surface area contributed by atoms with Gasteiger partial charge in [0.05, 0.1) is 4.47 Å². The maximum atomic E-state index is 5.75. The summed E-state index contributed by atoms with van der Waals surface area (Å²) in [5, 5.41) is 1.08. The van der Waals surface area contributed by atoms with Gasteiger partial charge >= 0.3 is 0 Å². The lowest BCUT2D eigenvalue weighted by Crippen LogP contribution is -1.86. The molecule has 1 heterocycles. The summed E-state index contributed by atoms with van der Waals surface area (Å²) in [5.74, 6) is 0. The van der Waals surface area contributed by atoms with Crippen molar-refractivity contribution in [1.29, 1.82) is 0 Å². The molecule has 5 heteroatoms. The maximum absolute atomic E-state index is 5.75. The van der Waals surface area contributed by atoms with Crippen LogP contribution in [0.4, 0.5) is 0 Å². The van der Waals surface area contributed by atoms with Gasteiger partial charge in [-0.3, -0.25) is 0 Å². The molecule has 0 aliphatic rings. The third-order valence-electron chi connectivity index (χ3n) is 1.92. The van der Waals surface area contributed by atoms with E-state index >= 15 is 0 Å². The van der Waals surface area contributed by atoms with Crippen LogP contribution in [0.1, 0.15) is 5.56 Å². The summed E-state index contributed by atoms with van der Waals surface area (Å²) in [7, 11) is 0. The van der Waals surface area contributed by atoms with Gasteiger partial charge in [0.15, 0.2) is 0 Å². The number of benzene rings is 1. The van der Waals surface area contributed by atoms with E-state index in [-0.39, 0.29) is 5.28 Å². The van der Waals surface area contributed by atoms with Crippen LogP contribution < -0.4 is 0 Å². The van der Waals surface area contributed by atoms with Crippen molar-refractivity contribution in [3.05, 3.63) is 45.8 Å². The molecule has 0 atom stereocenters. The van der Waals surface area contributed by atoms with Crippen LogP contribution in [0.25, 0.3) is 0 Å². The predicted octanol–water partition coefficient (Wildman–Crippen LogP) is 4.35. The fourth-order valence-electron chi connectivity index (χ4n) is 1.12. The average molecular weight is 316 g/mol. The van der Waals surface area contributed by atoms with Crippen molar-refractivity contribution in [3.63, 3.8) is 0 Å². The van der Waals surface area contributed by atoms with Gasteiger partial charge in [0.25, 0.3) is 0 Å². The Morgan fingerprint density at radius 2 is 1.94 bits per heavy atom. The highest BCUT2D eigenvalue weighted by molar-refractivity contribution is 9.10. The van der Waals surface area contributed by atoms with Crippen molar-refractivity contribution in [2.45, 2.75) is 16.8 Å². The molecule has 1 aromatic heterocycles. The molecular weight excluding hydrogens is 308 g/mol. The third-order valence-corrected chi connectivity index (χ3v) is 3.96. The molecule has 0 aliphatic heterocycles. The molecule has 0 unspecified atom stereocenters. The van der Waals surface area contributed by atoms with E-state index in [1.54, 1.807) is 18.0 Å². The largest absolute Gasteiger partial charge is 0.225 e. The van der Waals surface area contributed by atoms with Gasteiger partial charge in [0.2, 0.25) is 5.28 Å². The van der Waals surface area contributed by atoms with Crippen LogP contribution in [0, 0.1) is 6.92 Å². The Bertz CT molecular complexity index is 502. The van der Waals surface area contributed by atoms with E-state index in [2.05, 4.69) is 57.1 Å². The second-order valence-corrected chi connectivity index (χ2v) is 5.46. The Morgan fingerprint density at radius 1 is 1.25 bits per heavy atom. The highest BCUT2D eigenvalue weighted by atomic mass is 79.9. The summed E-state index contributed by atoms with van der Waals surface area (Å²) >= 11 is 10.7. The van der Waals surface area contributed by atoms with Gasteiger partial charge in [0.1, 0.15) is 5.03 Å². The third kappa shape index (κ3) is 2.97. The zero-order chi connectivity index (χ0) is 11.5. The van der Waals surface area contributed by atoms with Gasteiger partial charge < -0.3 is 0 Å². The molecule has 0 amide bonds. The Hall–Kier alpha value is -0.580. The minimum atomic E-state index is 0.262. The monoisotopic (exact) mass is 314 g/mol. The lowest BCUT2D eigenvalue weighted by Gasteiger charge is -2.03. The summed E-state index contributed by atoms with van der Waals surface area (Å²) in [6.07, 6.45) is 1.66. The molecule has 0 aliphatic carbocycles. The van der Waals surface area contributed by atoms with E-state index in [0.29, 0.717) is 0 Å². The fourth-order valence-corrected chi connectivity index (χ4v) is 2.52. The lowest BCUT2D eigenvalue weighted by molar-refractivity contribution is 1.03. The molecule has 82 valence electrons. The fraction of sp³-hybridized carbons (Fsp3) is 0.0909. The van der Waals surface area contributed by atoms with Gasteiger partial charge in [-0.2, -0.15) is 0 Å². The number of nitrogens with zero attached hydrogens (tertiary/aromatic N) is 2. The first-order chi connectivity index (χ1) is 7.65. The molecule has 0 N–H and O–H groups in total.